The lowest BCUT2D eigenvalue weighted by molar-refractivity contribution is -0.121. The van der Waals surface area contributed by atoms with Crippen LogP contribution in [-0.4, -0.2) is 25.5 Å². The van der Waals surface area contributed by atoms with E-state index in [1.807, 2.05) is 13.0 Å². The van der Waals surface area contributed by atoms with Crippen molar-refractivity contribution in [3.05, 3.63) is 35.6 Å². The third-order valence-corrected chi connectivity index (χ3v) is 3.06. The van der Waals surface area contributed by atoms with Gasteiger partial charge in [0.2, 0.25) is 5.91 Å². The fraction of sp³-hybridized carbons (Fsp3) is 0.562. The first kappa shape index (κ1) is 19.9. The van der Waals surface area contributed by atoms with Gasteiger partial charge in [0.25, 0.3) is 0 Å². The molecule has 2 N–H and O–H groups in total. The molecule has 0 radical (unpaired) electrons. The molecule has 1 atom stereocenters. The Morgan fingerprint density at radius 2 is 2.05 bits per heavy atom. The Morgan fingerprint density at radius 1 is 1.29 bits per heavy atom. The number of hydrogen-bond acceptors (Lipinski definition) is 2. The van der Waals surface area contributed by atoms with E-state index in [4.69, 9.17) is 0 Å². The Labute approximate surface area is 133 Å². The lowest BCUT2D eigenvalue weighted by atomic mass is 9.98. The lowest BCUT2D eigenvalue weighted by Crippen LogP contribution is -2.33. The summed E-state index contributed by atoms with van der Waals surface area (Å²) in [5.74, 6) is 0.0498. The molecule has 1 rings (SSSR count). The largest absolute Gasteiger partial charge is 0.355 e. The number of hydrogen-bond donors (Lipinski definition) is 2. The maximum atomic E-state index is 13.1. The SMILES string of the molecule is CCCNCCNC(=O)CC(C)Cc1cccc(F)c1.Cl. The number of carbonyl (C=O) groups is 1. The molecule has 0 aliphatic carbocycles. The van der Waals surface area contributed by atoms with Crippen molar-refractivity contribution in [3.63, 3.8) is 0 Å². The number of carbonyl (C=O) groups excluding carboxylic acids is 1. The molecule has 1 aromatic rings. The molecule has 0 saturated carbocycles. The van der Waals surface area contributed by atoms with Gasteiger partial charge < -0.3 is 10.6 Å². The summed E-state index contributed by atoms with van der Waals surface area (Å²) >= 11 is 0. The van der Waals surface area contributed by atoms with Crippen molar-refractivity contribution in [1.82, 2.24) is 10.6 Å². The number of amides is 1. The van der Waals surface area contributed by atoms with Crippen molar-refractivity contribution in [2.45, 2.75) is 33.1 Å². The van der Waals surface area contributed by atoms with Gasteiger partial charge in [0.15, 0.2) is 0 Å². The summed E-state index contributed by atoms with van der Waals surface area (Å²) in [6, 6.07) is 6.57. The second kappa shape index (κ2) is 11.5. The molecule has 1 unspecified atom stereocenters. The second-order valence-electron chi connectivity index (χ2n) is 5.24. The van der Waals surface area contributed by atoms with Crippen molar-refractivity contribution in [1.29, 1.82) is 0 Å². The molecule has 120 valence electrons. The van der Waals surface area contributed by atoms with Crippen molar-refractivity contribution in [2.24, 2.45) is 5.92 Å². The van der Waals surface area contributed by atoms with Crippen LogP contribution in [0.3, 0.4) is 0 Å². The minimum Gasteiger partial charge on any atom is -0.355 e. The average Bonchev–Trinajstić information content (AvgIpc) is 2.38. The van der Waals surface area contributed by atoms with Gasteiger partial charge in [-0.05, 0) is 43.0 Å². The summed E-state index contributed by atoms with van der Waals surface area (Å²) in [7, 11) is 0. The summed E-state index contributed by atoms with van der Waals surface area (Å²) in [6.07, 6.45) is 2.29. The van der Waals surface area contributed by atoms with Crippen LogP contribution in [0.15, 0.2) is 24.3 Å². The van der Waals surface area contributed by atoms with Crippen molar-refractivity contribution in [3.8, 4) is 0 Å². The first-order valence-electron chi connectivity index (χ1n) is 7.33. The standard InChI is InChI=1S/C16H25FN2O.ClH/c1-3-7-18-8-9-19-16(20)11-13(2)10-14-5-4-6-15(17)12-14;/h4-6,12-13,18H,3,7-11H2,1-2H3,(H,19,20);1H. The zero-order chi connectivity index (χ0) is 14.8. The monoisotopic (exact) mass is 316 g/mol. The van der Waals surface area contributed by atoms with Gasteiger partial charge in [-0.25, -0.2) is 4.39 Å². The van der Waals surface area contributed by atoms with Gasteiger partial charge >= 0.3 is 0 Å². The highest BCUT2D eigenvalue weighted by Gasteiger charge is 2.09. The Balaban J connectivity index is 0.00000400. The summed E-state index contributed by atoms with van der Waals surface area (Å²) in [5, 5.41) is 6.13. The van der Waals surface area contributed by atoms with Crippen LogP contribution in [0.25, 0.3) is 0 Å². The zero-order valence-corrected chi connectivity index (χ0v) is 13.6. The van der Waals surface area contributed by atoms with Crippen molar-refractivity contribution < 1.29 is 9.18 Å². The van der Waals surface area contributed by atoms with Crippen molar-refractivity contribution >= 4 is 18.3 Å². The van der Waals surface area contributed by atoms with Gasteiger partial charge in [-0.3, -0.25) is 4.79 Å². The fourth-order valence-corrected chi connectivity index (χ4v) is 2.12. The molecule has 3 nitrogen and oxygen atoms in total. The molecule has 0 saturated heterocycles. The van der Waals surface area contributed by atoms with Gasteiger partial charge in [0.05, 0.1) is 0 Å². The quantitative estimate of drug-likeness (QED) is 0.688. The molecule has 5 heteroatoms. The van der Waals surface area contributed by atoms with Gasteiger partial charge in [-0.2, -0.15) is 0 Å². The topological polar surface area (TPSA) is 41.1 Å². The fourth-order valence-electron chi connectivity index (χ4n) is 2.12. The van der Waals surface area contributed by atoms with Crippen molar-refractivity contribution in [2.75, 3.05) is 19.6 Å². The van der Waals surface area contributed by atoms with Crippen LogP contribution < -0.4 is 10.6 Å². The molecule has 21 heavy (non-hydrogen) atoms. The maximum Gasteiger partial charge on any atom is 0.220 e. The highest BCUT2D eigenvalue weighted by Crippen LogP contribution is 2.12. The molecule has 0 aromatic heterocycles. The number of halogens is 2. The van der Waals surface area contributed by atoms with Gasteiger partial charge in [-0.1, -0.05) is 26.0 Å². The van der Waals surface area contributed by atoms with Gasteiger partial charge in [-0.15, -0.1) is 12.4 Å². The minimum absolute atomic E-state index is 0. The van der Waals surface area contributed by atoms with E-state index < -0.39 is 0 Å². The molecule has 0 aliphatic rings. The lowest BCUT2D eigenvalue weighted by Gasteiger charge is -2.12. The van der Waals surface area contributed by atoms with Crippen LogP contribution in [0, 0.1) is 11.7 Å². The van der Waals surface area contributed by atoms with Crippen LogP contribution in [0.4, 0.5) is 4.39 Å². The third-order valence-electron chi connectivity index (χ3n) is 3.06. The number of rotatable bonds is 9. The van der Waals surface area contributed by atoms with Crippen LogP contribution in [0.5, 0.6) is 0 Å². The highest BCUT2D eigenvalue weighted by atomic mass is 35.5. The highest BCUT2D eigenvalue weighted by molar-refractivity contribution is 5.85. The summed E-state index contributed by atoms with van der Waals surface area (Å²) in [6.45, 7) is 6.56. The Bertz CT molecular complexity index is 415. The van der Waals surface area contributed by atoms with E-state index >= 15 is 0 Å². The van der Waals surface area contributed by atoms with Crippen LogP contribution in [-0.2, 0) is 11.2 Å². The van der Waals surface area contributed by atoms with Crippen LogP contribution >= 0.6 is 12.4 Å². The third kappa shape index (κ3) is 9.43. The average molecular weight is 317 g/mol. The molecule has 0 spiro atoms. The predicted molar refractivity (Wildman–Crippen MR) is 87.3 cm³/mol. The van der Waals surface area contributed by atoms with E-state index in [2.05, 4.69) is 17.6 Å². The Morgan fingerprint density at radius 3 is 2.71 bits per heavy atom. The molecule has 0 fully saturated rings. The number of benzene rings is 1. The Hall–Kier alpha value is -1.13. The summed E-state index contributed by atoms with van der Waals surface area (Å²) in [4.78, 5) is 11.7. The van der Waals surface area contributed by atoms with E-state index in [1.54, 1.807) is 6.07 Å². The molecule has 0 heterocycles. The molecular weight excluding hydrogens is 291 g/mol. The zero-order valence-electron chi connectivity index (χ0n) is 12.8. The second-order valence-corrected chi connectivity index (χ2v) is 5.24. The molecular formula is C16H26ClFN2O. The van der Waals surface area contributed by atoms with E-state index in [-0.39, 0.29) is 30.0 Å². The Kier molecular flexibility index (Phi) is 10.9. The molecule has 1 amide bonds. The van der Waals surface area contributed by atoms with Crippen LogP contribution in [0.1, 0.15) is 32.3 Å². The molecule has 0 aliphatic heterocycles. The van der Waals surface area contributed by atoms with E-state index in [0.29, 0.717) is 13.0 Å². The van der Waals surface area contributed by atoms with Crippen LogP contribution in [0.2, 0.25) is 0 Å². The summed E-state index contributed by atoms with van der Waals surface area (Å²) < 4.78 is 13.1. The first-order chi connectivity index (χ1) is 9.61. The molecule has 1 aromatic carbocycles. The van der Waals surface area contributed by atoms with E-state index in [9.17, 15) is 9.18 Å². The maximum absolute atomic E-state index is 13.1. The number of nitrogens with one attached hydrogen (secondary N) is 2. The smallest absolute Gasteiger partial charge is 0.220 e. The summed E-state index contributed by atoms with van der Waals surface area (Å²) in [5.41, 5.74) is 0.940. The molecule has 0 bridgehead atoms. The predicted octanol–water partition coefficient (Wildman–Crippen LogP) is 2.93. The normalized spacial score (nSPS) is 11.6. The van der Waals surface area contributed by atoms with Gasteiger partial charge in [0.1, 0.15) is 5.82 Å². The van der Waals surface area contributed by atoms with E-state index in [1.165, 1.54) is 12.1 Å². The minimum atomic E-state index is -0.221. The van der Waals surface area contributed by atoms with Gasteiger partial charge in [0, 0.05) is 19.5 Å². The first-order valence-corrected chi connectivity index (χ1v) is 7.33. The van der Waals surface area contributed by atoms with E-state index in [0.717, 1.165) is 31.5 Å².